The summed E-state index contributed by atoms with van der Waals surface area (Å²) in [6.45, 7) is 1.03. The molecular formula is C14H22N2O. The fraction of sp³-hybridized carbons (Fsp3) is 0.571. The normalized spacial score (nSPS) is 16.8. The third kappa shape index (κ3) is 3.29. The van der Waals surface area contributed by atoms with Crippen LogP contribution in [0.25, 0.3) is 0 Å². The van der Waals surface area contributed by atoms with Gasteiger partial charge in [0.15, 0.2) is 0 Å². The highest BCUT2D eigenvalue weighted by Crippen LogP contribution is 2.27. The molecule has 94 valence electrons. The molecule has 1 fully saturated rings. The van der Waals surface area contributed by atoms with Gasteiger partial charge >= 0.3 is 0 Å². The number of hydrogen-bond acceptors (Lipinski definition) is 3. The van der Waals surface area contributed by atoms with E-state index in [9.17, 15) is 0 Å². The lowest BCUT2D eigenvalue weighted by molar-refractivity contribution is 0.373. The predicted octanol–water partition coefficient (Wildman–Crippen LogP) is 3.27. The van der Waals surface area contributed by atoms with Gasteiger partial charge in [-0.3, -0.25) is 0 Å². The van der Waals surface area contributed by atoms with Gasteiger partial charge < -0.3 is 15.8 Å². The van der Waals surface area contributed by atoms with Gasteiger partial charge in [-0.15, -0.1) is 0 Å². The molecule has 1 aliphatic carbocycles. The number of hydrogen-bond donors (Lipinski definition) is 2. The van der Waals surface area contributed by atoms with E-state index < -0.39 is 0 Å². The van der Waals surface area contributed by atoms with Gasteiger partial charge in [0, 0.05) is 12.6 Å². The second kappa shape index (κ2) is 5.80. The van der Waals surface area contributed by atoms with Crippen LogP contribution in [0, 0.1) is 5.92 Å². The molecule has 2 rings (SSSR count). The van der Waals surface area contributed by atoms with E-state index in [0.717, 1.165) is 29.6 Å². The Morgan fingerprint density at radius 2 is 2.06 bits per heavy atom. The summed E-state index contributed by atoms with van der Waals surface area (Å²) in [5.74, 6) is 1.65. The van der Waals surface area contributed by atoms with E-state index in [0.29, 0.717) is 0 Å². The maximum absolute atomic E-state index is 5.94. The van der Waals surface area contributed by atoms with Gasteiger partial charge in [-0.25, -0.2) is 0 Å². The van der Waals surface area contributed by atoms with Crippen LogP contribution in [0.2, 0.25) is 0 Å². The second-order valence-corrected chi connectivity index (χ2v) is 4.84. The molecule has 17 heavy (non-hydrogen) atoms. The van der Waals surface area contributed by atoms with Crippen molar-refractivity contribution in [1.82, 2.24) is 0 Å². The van der Waals surface area contributed by atoms with Gasteiger partial charge in [0.2, 0.25) is 0 Å². The number of anilines is 2. The molecule has 0 aromatic heterocycles. The Labute approximate surface area is 103 Å². The summed E-state index contributed by atoms with van der Waals surface area (Å²) in [7, 11) is 1.68. The van der Waals surface area contributed by atoms with Crippen molar-refractivity contribution in [2.75, 3.05) is 24.7 Å². The highest BCUT2D eigenvalue weighted by molar-refractivity contribution is 5.68. The van der Waals surface area contributed by atoms with E-state index in [-0.39, 0.29) is 0 Å². The molecular weight excluding hydrogens is 212 g/mol. The van der Waals surface area contributed by atoms with Crippen molar-refractivity contribution in [3.05, 3.63) is 18.2 Å². The van der Waals surface area contributed by atoms with Crippen LogP contribution in [-0.2, 0) is 0 Å². The molecule has 3 heteroatoms. The van der Waals surface area contributed by atoms with Gasteiger partial charge in [0.25, 0.3) is 0 Å². The Hall–Kier alpha value is -1.38. The summed E-state index contributed by atoms with van der Waals surface area (Å²) >= 11 is 0. The Morgan fingerprint density at radius 3 is 2.76 bits per heavy atom. The summed E-state index contributed by atoms with van der Waals surface area (Å²) in [6.07, 6.45) is 6.84. The summed E-state index contributed by atoms with van der Waals surface area (Å²) in [5.41, 5.74) is 7.73. The maximum atomic E-state index is 5.94. The topological polar surface area (TPSA) is 47.3 Å². The molecule has 3 nitrogen and oxygen atoms in total. The first kappa shape index (κ1) is 12.1. The molecule has 0 saturated heterocycles. The van der Waals surface area contributed by atoms with Crippen molar-refractivity contribution in [2.45, 2.75) is 32.1 Å². The summed E-state index contributed by atoms with van der Waals surface area (Å²) in [6, 6.07) is 5.75. The van der Waals surface area contributed by atoms with Gasteiger partial charge in [-0.2, -0.15) is 0 Å². The van der Waals surface area contributed by atoms with Crippen LogP contribution in [0.3, 0.4) is 0 Å². The Kier molecular flexibility index (Phi) is 4.13. The van der Waals surface area contributed by atoms with Crippen molar-refractivity contribution < 1.29 is 4.74 Å². The van der Waals surface area contributed by atoms with Crippen LogP contribution in [0.15, 0.2) is 18.2 Å². The number of rotatable bonds is 4. The lowest BCUT2D eigenvalue weighted by Crippen LogP contribution is -2.17. The van der Waals surface area contributed by atoms with Crippen molar-refractivity contribution in [3.8, 4) is 5.75 Å². The number of ether oxygens (including phenoxy) is 1. The smallest absolute Gasteiger partial charge is 0.121 e. The average Bonchev–Trinajstić information content (AvgIpc) is 2.39. The molecule has 0 atom stereocenters. The average molecular weight is 234 g/mol. The van der Waals surface area contributed by atoms with Crippen LogP contribution in [-0.4, -0.2) is 13.7 Å². The predicted molar refractivity (Wildman–Crippen MR) is 72.5 cm³/mol. The quantitative estimate of drug-likeness (QED) is 0.786. The zero-order chi connectivity index (χ0) is 12.1. The Bertz CT molecular complexity index is 359. The van der Waals surface area contributed by atoms with E-state index in [1.54, 1.807) is 7.11 Å². The van der Waals surface area contributed by atoms with Crippen LogP contribution in [0.4, 0.5) is 11.4 Å². The molecule has 0 amide bonds. The minimum absolute atomic E-state index is 0.793. The molecule has 1 aromatic rings. The van der Waals surface area contributed by atoms with Crippen molar-refractivity contribution in [1.29, 1.82) is 0 Å². The fourth-order valence-electron chi connectivity index (χ4n) is 2.46. The lowest BCUT2D eigenvalue weighted by Gasteiger charge is -2.22. The number of nitrogens with one attached hydrogen (secondary N) is 1. The number of benzene rings is 1. The number of methoxy groups -OCH3 is 1. The molecule has 0 spiro atoms. The molecule has 3 N–H and O–H groups in total. The fourth-order valence-corrected chi connectivity index (χ4v) is 2.46. The molecule has 0 radical (unpaired) electrons. The van der Waals surface area contributed by atoms with Crippen LogP contribution < -0.4 is 15.8 Å². The highest BCUT2D eigenvalue weighted by atomic mass is 16.5. The van der Waals surface area contributed by atoms with E-state index in [2.05, 4.69) is 5.32 Å². The molecule has 0 bridgehead atoms. The van der Waals surface area contributed by atoms with Crippen molar-refractivity contribution >= 4 is 11.4 Å². The largest absolute Gasteiger partial charge is 0.497 e. The van der Waals surface area contributed by atoms with Gasteiger partial charge in [-0.05, 0) is 30.9 Å². The minimum atomic E-state index is 0.793. The minimum Gasteiger partial charge on any atom is -0.497 e. The first-order valence-electron chi connectivity index (χ1n) is 6.47. The van der Waals surface area contributed by atoms with Gasteiger partial charge in [0.1, 0.15) is 5.75 Å². The maximum Gasteiger partial charge on any atom is 0.121 e. The van der Waals surface area contributed by atoms with E-state index in [1.165, 1.54) is 32.1 Å². The third-order valence-corrected chi connectivity index (χ3v) is 3.57. The van der Waals surface area contributed by atoms with Crippen molar-refractivity contribution in [2.24, 2.45) is 5.92 Å². The number of nitrogens with two attached hydrogens (primary N) is 1. The monoisotopic (exact) mass is 234 g/mol. The van der Waals surface area contributed by atoms with Crippen LogP contribution >= 0.6 is 0 Å². The van der Waals surface area contributed by atoms with Gasteiger partial charge in [0.05, 0.1) is 18.5 Å². The molecule has 0 heterocycles. The summed E-state index contributed by atoms with van der Waals surface area (Å²) in [5, 5.41) is 3.45. The third-order valence-electron chi connectivity index (χ3n) is 3.57. The molecule has 1 aromatic carbocycles. The van der Waals surface area contributed by atoms with Crippen LogP contribution in [0.1, 0.15) is 32.1 Å². The Balaban J connectivity index is 1.92. The zero-order valence-electron chi connectivity index (χ0n) is 10.5. The molecule has 1 saturated carbocycles. The van der Waals surface area contributed by atoms with E-state index >= 15 is 0 Å². The van der Waals surface area contributed by atoms with E-state index in [1.807, 2.05) is 18.2 Å². The lowest BCUT2D eigenvalue weighted by atomic mass is 9.89. The highest BCUT2D eigenvalue weighted by Gasteiger charge is 2.13. The van der Waals surface area contributed by atoms with Crippen LogP contribution in [0.5, 0.6) is 5.75 Å². The first-order valence-corrected chi connectivity index (χ1v) is 6.47. The number of nitrogen functional groups attached to an aromatic ring is 1. The van der Waals surface area contributed by atoms with E-state index in [4.69, 9.17) is 10.5 Å². The SMILES string of the molecule is COc1ccc(N)c(NCC2CCCCC2)c1. The van der Waals surface area contributed by atoms with Gasteiger partial charge in [-0.1, -0.05) is 19.3 Å². The molecule has 0 unspecified atom stereocenters. The molecule has 1 aliphatic rings. The second-order valence-electron chi connectivity index (χ2n) is 4.84. The summed E-state index contributed by atoms with van der Waals surface area (Å²) < 4.78 is 5.21. The Morgan fingerprint density at radius 1 is 1.29 bits per heavy atom. The summed E-state index contributed by atoms with van der Waals surface area (Å²) in [4.78, 5) is 0. The molecule has 0 aliphatic heterocycles. The standard InChI is InChI=1S/C14H22N2O/c1-17-12-7-8-13(15)14(9-12)16-10-11-5-3-2-4-6-11/h7-9,11,16H,2-6,10,15H2,1H3. The first-order chi connectivity index (χ1) is 8.29. The van der Waals surface area contributed by atoms with Crippen molar-refractivity contribution in [3.63, 3.8) is 0 Å². The zero-order valence-corrected chi connectivity index (χ0v) is 10.5.